The summed E-state index contributed by atoms with van der Waals surface area (Å²) in [5, 5.41) is 4.04. The molecule has 0 aromatic heterocycles. The molecule has 110 valence electrons. The standard InChI is InChI=1S/C14H25NO3S/c1-3-15-14(11-4-5-11,13(16)17-2)10-19-12-6-8-18-9-7-12/h11-12,15H,3-10H2,1-2H3. The lowest BCUT2D eigenvalue weighted by Gasteiger charge is -2.33. The van der Waals surface area contributed by atoms with Crippen LogP contribution in [-0.2, 0) is 14.3 Å². The highest BCUT2D eigenvalue weighted by atomic mass is 32.2. The van der Waals surface area contributed by atoms with Gasteiger partial charge in [-0.3, -0.25) is 4.79 Å². The van der Waals surface area contributed by atoms with Gasteiger partial charge in [-0.1, -0.05) is 6.92 Å². The van der Waals surface area contributed by atoms with Crippen LogP contribution >= 0.6 is 11.8 Å². The van der Waals surface area contributed by atoms with Gasteiger partial charge in [0.1, 0.15) is 5.54 Å². The second-order valence-corrected chi connectivity index (χ2v) is 6.68. The predicted octanol–water partition coefficient (Wildman–Crippen LogP) is 1.83. The van der Waals surface area contributed by atoms with Crippen LogP contribution in [0.4, 0.5) is 0 Å². The number of methoxy groups -OCH3 is 1. The van der Waals surface area contributed by atoms with Gasteiger partial charge in [0.2, 0.25) is 0 Å². The number of rotatable bonds is 7. The van der Waals surface area contributed by atoms with E-state index in [1.54, 1.807) is 0 Å². The summed E-state index contributed by atoms with van der Waals surface area (Å²) in [5.74, 6) is 1.19. The van der Waals surface area contributed by atoms with Crippen LogP contribution < -0.4 is 5.32 Å². The molecule has 2 fully saturated rings. The molecule has 1 saturated heterocycles. The van der Waals surface area contributed by atoms with E-state index in [1.807, 2.05) is 11.8 Å². The van der Waals surface area contributed by atoms with Crippen LogP contribution in [0.25, 0.3) is 0 Å². The highest BCUT2D eigenvalue weighted by Crippen LogP contribution is 2.43. The Morgan fingerprint density at radius 3 is 2.58 bits per heavy atom. The molecule has 1 atom stereocenters. The van der Waals surface area contributed by atoms with E-state index < -0.39 is 5.54 Å². The van der Waals surface area contributed by atoms with Gasteiger partial charge in [0, 0.05) is 24.2 Å². The summed E-state index contributed by atoms with van der Waals surface area (Å²) >= 11 is 1.91. The van der Waals surface area contributed by atoms with E-state index in [1.165, 1.54) is 7.11 Å². The van der Waals surface area contributed by atoms with Crippen molar-refractivity contribution >= 4 is 17.7 Å². The summed E-state index contributed by atoms with van der Waals surface area (Å²) in [6.45, 7) is 4.57. The van der Waals surface area contributed by atoms with E-state index in [0.717, 1.165) is 51.2 Å². The number of nitrogens with one attached hydrogen (secondary N) is 1. The molecular formula is C14H25NO3S. The molecule has 4 nitrogen and oxygen atoms in total. The second-order valence-electron chi connectivity index (χ2n) is 5.39. The molecule has 0 radical (unpaired) electrons. The smallest absolute Gasteiger partial charge is 0.327 e. The van der Waals surface area contributed by atoms with Gasteiger partial charge in [-0.15, -0.1) is 0 Å². The van der Waals surface area contributed by atoms with Crippen molar-refractivity contribution in [2.24, 2.45) is 5.92 Å². The maximum atomic E-state index is 12.3. The Hall–Kier alpha value is -0.260. The van der Waals surface area contributed by atoms with Crippen molar-refractivity contribution < 1.29 is 14.3 Å². The Morgan fingerprint density at radius 1 is 1.37 bits per heavy atom. The number of carbonyl (C=O) groups excluding carboxylic acids is 1. The van der Waals surface area contributed by atoms with Gasteiger partial charge in [-0.25, -0.2) is 0 Å². The summed E-state index contributed by atoms with van der Waals surface area (Å²) in [5.41, 5.74) is -0.466. The molecule has 1 heterocycles. The van der Waals surface area contributed by atoms with Gasteiger partial charge in [-0.05, 0) is 38.1 Å². The molecule has 1 N–H and O–H groups in total. The number of thioether (sulfide) groups is 1. The quantitative estimate of drug-likeness (QED) is 0.724. The first-order valence-electron chi connectivity index (χ1n) is 7.25. The molecule has 5 heteroatoms. The SMILES string of the molecule is CCNC(CSC1CCOCC1)(C(=O)OC)C1CC1. The van der Waals surface area contributed by atoms with Gasteiger partial charge in [0.25, 0.3) is 0 Å². The molecule has 0 spiro atoms. The molecule has 2 aliphatic rings. The Labute approximate surface area is 120 Å². The van der Waals surface area contributed by atoms with Crippen LogP contribution in [0.2, 0.25) is 0 Å². The third kappa shape index (κ3) is 3.64. The summed E-state index contributed by atoms with van der Waals surface area (Å²) in [6.07, 6.45) is 4.46. The van der Waals surface area contributed by atoms with Crippen molar-refractivity contribution in [3.05, 3.63) is 0 Å². The van der Waals surface area contributed by atoms with Crippen LogP contribution in [0, 0.1) is 5.92 Å². The minimum absolute atomic E-state index is 0.0867. The van der Waals surface area contributed by atoms with Crippen LogP contribution in [0.5, 0.6) is 0 Å². The number of carbonyl (C=O) groups is 1. The normalized spacial score (nSPS) is 23.9. The third-order valence-corrected chi connectivity index (χ3v) is 5.60. The van der Waals surface area contributed by atoms with Crippen LogP contribution in [-0.4, -0.2) is 49.4 Å². The largest absolute Gasteiger partial charge is 0.468 e. The maximum absolute atomic E-state index is 12.3. The van der Waals surface area contributed by atoms with Crippen molar-refractivity contribution in [2.45, 2.75) is 43.4 Å². The van der Waals surface area contributed by atoms with Gasteiger partial charge in [0.05, 0.1) is 7.11 Å². The monoisotopic (exact) mass is 287 g/mol. The van der Waals surface area contributed by atoms with Crippen LogP contribution in [0.1, 0.15) is 32.6 Å². The highest BCUT2D eigenvalue weighted by molar-refractivity contribution is 8.00. The fourth-order valence-corrected chi connectivity index (χ4v) is 4.26. The summed E-state index contributed by atoms with van der Waals surface area (Å²) < 4.78 is 10.5. The predicted molar refractivity (Wildman–Crippen MR) is 77.4 cm³/mol. The Bertz CT molecular complexity index is 303. The second kappa shape index (κ2) is 6.95. The number of hydrogen-bond acceptors (Lipinski definition) is 5. The van der Waals surface area contributed by atoms with Gasteiger partial charge >= 0.3 is 5.97 Å². The molecule has 0 amide bonds. The first-order chi connectivity index (χ1) is 9.23. The summed E-state index contributed by atoms with van der Waals surface area (Å²) in [6, 6.07) is 0. The number of likely N-dealkylation sites (N-methyl/N-ethyl adjacent to an activating group) is 1. The highest BCUT2D eigenvalue weighted by Gasteiger charge is 2.51. The van der Waals surface area contributed by atoms with Gasteiger partial charge < -0.3 is 14.8 Å². The number of esters is 1. The summed E-state index contributed by atoms with van der Waals surface area (Å²) in [4.78, 5) is 12.3. The zero-order chi connectivity index (χ0) is 13.7. The lowest BCUT2D eigenvalue weighted by Crippen LogP contribution is -2.57. The van der Waals surface area contributed by atoms with Crippen molar-refractivity contribution in [1.29, 1.82) is 0 Å². The molecule has 0 bridgehead atoms. The molecule has 1 aliphatic heterocycles. The van der Waals surface area contributed by atoms with Gasteiger partial charge in [-0.2, -0.15) is 11.8 Å². The zero-order valence-electron chi connectivity index (χ0n) is 11.9. The molecule has 1 aliphatic carbocycles. The Morgan fingerprint density at radius 2 is 2.05 bits per heavy atom. The van der Waals surface area contributed by atoms with Crippen molar-refractivity contribution in [3.8, 4) is 0 Å². The molecule has 0 aromatic carbocycles. The first kappa shape index (κ1) is 15.1. The van der Waals surface area contributed by atoms with E-state index in [4.69, 9.17) is 9.47 Å². The molecule has 1 unspecified atom stereocenters. The van der Waals surface area contributed by atoms with Crippen molar-refractivity contribution in [2.75, 3.05) is 32.6 Å². The molecule has 0 aromatic rings. The molecule has 1 saturated carbocycles. The fourth-order valence-electron chi connectivity index (χ4n) is 2.78. The molecule has 19 heavy (non-hydrogen) atoms. The Balaban J connectivity index is 1.97. The average molecular weight is 287 g/mol. The minimum Gasteiger partial charge on any atom is -0.468 e. The average Bonchev–Trinajstić information content (AvgIpc) is 3.28. The van der Waals surface area contributed by atoms with E-state index >= 15 is 0 Å². The molecular weight excluding hydrogens is 262 g/mol. The molecule has 2 rings (SSSR count). The van der Waals surface area contributed by atoms with Crippen molar-refractivity contribution in [1.82, 2.24) is 5.32 Å². The maximum Gasteiger partial charge on any atom is 0.327 e. The van der Waals surface area contributed by atoms with Gasteiger partial charge in [0.15, 0.2) is 0 Å². The zero-order valence-corrected chi connectivity index (χ0v) is 12.8. The lowest BCUT2D eigenvalue weighted by molar-refractivity contribution is -0.148. The topological polar surface area (TPSA) is 47.6 Å². The third-order valence-electron chi connectivity index (χ3n) is 4.03. The Kier molecular flexibility index (Phi) is 5.54. The lowest BCUT2D eigenvalue weighted by atomic mass is 9.95. The number of hydrogen-bond donors (Lipinski definition) is 1. The summed E-state index contributed by atoms with van der Waals surface area (Å²) in [7, 11) is 1.50. The van der Waals surface area contributed by atoms with E-state index in [-0.39, 0.29) is 5.97 Å². The fraction of sp³-hybridized carbons (Fsp3) is 0.929. The van der Waals surface area contributed by atoms with Crippen LogP contribution in [0.15, 0.2) is 0 Å². The van der Waals surface area contributed by atoms with Crippen LogP contribution in [0.3, 0.4) is 0 Å². The first-order valence-corrected chi connectivity index (χ1v) is 8.30. The van der Waals surface area contributed by atoms with Crippen molar-refractivity contribution in [3.63, 3.8) is 0 Å². The van der Waals surface area contributed by atoms with E-state index in [9.17, 15) is 4.79 Å². The van der Waals surface area contributed by atoms with E-state index in [0.29, 0.717) is 11.2 Å². The minimum atomic E-state index is -0.466. The number of ether oxygens (including phenoxy) is 2. The van der Waals surface area contributed by atoms with E-state index in [2.05, 4.69) is 12.2 Å².